The molecule has 0 bridgehead atoms. The van der Waals surface area contributed by atoms with E-state index < -0.39 is 17.6 Å². The molecule has 1 aliphatic rings. The summed E-state index contributed by atoms with van der Waals surface area (Å²) >= 11 is 0. The minimum atomic E-state index is -2.45. The van der Waals surface area contributed by atoms with E-state index in [1.165, 1.54) is 5.71 Å². The predicted molar refractivity (Wildman–Crippen MR) is 139 cm³/mol. The van der Waals surface area contributed by atoms with Gasteiger partial charge in [-0.2, -0.15) is 0 Å². The minimum Gasteiger partial charge on any atom is -0.377 e. The molecule has 33 heavy (non-hydrogen) atoms. The summed E-state index contributed by atoms with van der Waals surface area (Å²) in [5, 5.41) is 0. The molecule has 0 amide bonds. The maximum Gasteiger partial charge on any atom is 0.500 e. The fraction of sp³-hybridized carbons (Fsp3) is 0.909. The van der Waals surface area contributed by atoms with Crippen LogP contribution in [0, 0.1) is 0 Å². The van der Waals surface area contributed by atoms with Gasteiger partial charge in [0.2, 0.25) is 0 Å². The van der Waals surface area contributed by atoms with E-state index in [4.69, 9.17) is 26.6 Å². The van der Waals surface area contributed by atoms with E-state index in [-0.39, 0.29) is 0 Å². The molecular weight excluding hydrogens is 458 g/mol. The van der Waals surface area contributed by atoms with Crippen LogP contribution in [0.1, 0.15) is 53.9 Å². The number of aliphatic imine (C=N–C) groups is 2. The monoisotopic (exact) mass is 507 g/mol. The summed E-state index contributed by atoms with van der Waals surface area (Å²) in [4.78, 5) is 10.9. The molecule has 0 aromatic carbocycles. The smallest absolute Gasteiger partial charge is 0.377 e. The van der Waals surface area contributed by atoms with Crippen molar-refractivity contribution in [1.82, 2.24) is 4.90 Å². The lowest BCUT2D eigenvalue weighted by atomic mass is 10.3. The van der Waals surface area contributed by atoms with Gasteiger partial charge in [0.1, 0.15) is 0 Å². The maximum atomic E-state index is 5.79. The lowest BCUT2D eigenvalue weighted by Crippen LogP contribution is -2.46. The van der Waals surface area contributed by atoms with E-state index in [9.17, 15) is 0 Å². The first-order valence-corrected chi connectivity index (χ1v) is 16.1. The Bertz CT molecular complexity index is 511. The molecule has 11 heteroatoms. The molecule has 0 aliphatic carbocycles. The van der Waals surface area contributed by atoms with Gasteiger partial charge in [0.25, 0.3) is 0 Å². The second-order valence-corrected chi connectivity index (χ2v) is 13.3. The first-order valence-electron chi connectivity index (χ1n) is 12.2. The van der Waals surface area contributed by atoms with E-state index in [1.54, 1.807) is 21.3 Å². The standard InChI is InChI=1S/C13H29NO3Si.C9H20N2O3Si/c1-6-13(5)14-11-10-12-18(15-7-2,16-8-3)17-9-4;1-12-15(13-2,14-3)8-4-6-11-7-5-10-9-11/h6-12H2,1-5H3;9H,4-8H2,1-3H3. The van der Waals surface area contributed by atoms with Crippen LogP contribution >= 0.6 is 0 Å². The molecular formula is C22H49N3O6Si2. The van der Waals surface area contributed by atoms with Gasteiger partial charge in [-0.05, 0) is 47.0 Å². The Morgan fingerprint density at radius 1 is 0.879 bits per heavy atom. The molecule has 196 valence electrons. The van der Waals surface area contributed by atoms with Crippen molar-refractivity contribution in [2.75, 3.05) is 67.3 Å². The highest BCUT2D eigenvalue weighted by atomic mass is 28.4. The van der Waals surface area contributed by atoms with E-state index >= 15 is 0 Å². The molecule has 1 aliphatic heterocycles. The summed E-state index contributed by atoms with van der Waals surface area (Å²) in [6, 6.07) is 1.70. The zero-order chi connectivity index (χ0) is 25.0. The topological polar surface area (TPSA) is 83.3 Å². The Labute approximate surface area is 204 Å². The molecule has 0 fully saturated rings. The van der Waals surface area contributed by atoms with Crippen molar-refractivity contribution in [3.63, 3.8) is 0 Å². The average molecular weight is 508 g/mol. The van der Waals surface area contributed by atoms with Crippen molar-refractivity contribution in [1.29, 1.82) is 0 Å². The molecule has 0 saturated heterocycles. The highest BCUT2D eigenvalue weighted by Gasteiger charge is 2.39. The molecule has 0 spiro atoms. The van der Waals surface area contributed by atoms with Crippen molar-refractivity contribution in [2.45, 2.75) is 66.0 Å². The van der Waals surface area contributed by atoms with Crippen LogP contribution in [0.4, 0.5) is 0 Å². The zero-order valence-electron chi connectivity index (χ0n) is 22.4. The van der Waals surface area contributed by atoms with Gasteiger partial charge in [-0.25, -0.2) is 0 Å². The van der Waals surface area contributed by atoms with Gasteiger partial charge < -0.3 is 31.5 Å². The SMILES string of the molecule is CCO[Si](CCCN=C(C)CC)(OCC)OCC.CO[Si](CCCN1C=NCC1)(OC)OC. The molecule has 1 heterocycles. The van der Waals surface area contributed by atoms with Crippen molar-refractivity contribution < 1.29 is 26.6 Å². The molecule has 0 radical (unpaired) electrons. The number of rotatable bonds is 18. The summed E-state index contributed by atoms with van der Waals surface area (Å²) in [7, 11) is 0.141. The number of nitrogens with zero attached hydrogens (tertiary/aromatic N) is 3. The third-order valence-electron chi connectivity index (χ3n) is 5.25. The third-order valence-corrected chi connectivity index (χ3v) is 11.2. The molecule has 0 aromatic heterocycles. The highest BCUT2D eigenvalue weighted by Crippen LogP contribution is 2.18. The van der Waals surface area contributed by atoms with Gasteiger partial charge in [0, 0.05) is 78.6 Å². The molecule has 0 aromatic rings. The van der Waals surface area contributed by atoms with Crippen LogP contribution in [-0.2, 0) is 26.6 Å². The Morgan fingerprint density at radius 2 is 1.42 bits per heavy atom. The fourth-order valence-electron chi connectivity index (χ4n) is 3.32. The quantitative estimate of drug-likeness (QED) is 0.158. The molecule has 0 unspecified atom stereocenters. The second kappa shape index (κ2) is 19.6. The first kappa shape index (κ1) is 32.3. The van der Waals surface area contributed by atoms with Crippen LogP contribution in [0.15, 0.2) is 9.98 Å². The largest absolute Gasteiger partial charge is 0.500 e. The molecule has 9 nitrogen and oxygen atoms in total. The van der Waals surface area contributed by atoms with Crippen molar-refractivity contribution in [3.8, 4) is 0 Å². The van der Waals surface area contributed by atoms with Crippen LogP contribution < -0.4 is 0 Å². The van der Waals surface area contributed by atoms with Crippen LogP contribution in [0.3, 0.4) is 0 Å². The summed E-state index contributed by atoms with van der Waals surface area (Å²) < 4.78 is 33.4. The van der Waals surface area contributed by atoms with Crippen molar-refractivity contribution >= 4 is 29.7 Å². The summed E-state index contributed by atoms with van der Waals surface area (Å²) in [5.74, 6) is 0. The van der Waals surface area contributed by atoms with Crippen LogP contribution in [-0.4, -0.2) is 102 Å². The lowest BCUT2D eigenvalue weighted by molar-refractivity contribution is 0.0710. The summed E-state index contributed by atoms with van der Waals surface area (Å²) in [6.07, 6.45) is 4.90. The maximum absolute atomic E-state index is 5.79. The molecule has 0 saturated carbocycles. The van der Waals surface area contributed by atoms with E-state index in [0.29, 0.717) is 19.8 Å². The first-order chi connectivity index (χ1) is 15.9. The predicted octanol–water partition coefficient (Wildman–Crippen LogP) is 3.89. The second-order valence-electron chi connectivity index (χ2n) is 7.51. The van der Waals surface area contributed by atoms with Crippen molar-refractivity contribution in [3.05, 3.63) is 0 Å². The van der Waals surface area contributed by atoms with Gasteiger partial charge in [0.15, 0.2) is 0 Å². The van der Waals surface area contributed by atoms with Gasteiger partial charge in [-0.3, -0.25) is 9.98 Å². The lowest BCUT2D eigenvalue weighted by Gasteiger charge is -2.28. The third kappa shape index (κ3) is 13.7. The Morgan fingerprint density at radius 3 is 1.85 bits per heavy atom. The average Bonchev–Trinajstić information content (AvgIpc) is 3.34. The van der Waals surface area contributed by atoms with Crippen LogP contribution in [0.25, 0.3) is 0 Å². The Balaban J connectivity index is 0.000000629. The normalized spacial score (nSPS) is 14.5. The fourth-order valence-corrected chi connectivity index (χ4v) is 7.62. The van der Waals surface area contributed by atoms with Gasteiger partial charge in [0.05, 0.1) is 12.9 Å². The number of hydrogen-bond donors (Lipinski definition) is 0. The van der Waals surface area contributed by atoms with Gasteiger partial charge in [-0.1, -0.05) is 6.92 Å². The van der Waals surface area contributed by atoms with E-state index in [0.717, 1.165) is 57.5 Å². The molecule has 0 N–H and O–H groups in total. The molecule has 1 rings (SSSR count). The molecule has 0 atom stereocenters. The Hall–Kier alpha value is -0.666. The van der Waals surface area contributed by atoms with Crippen LogP contribution in [0.2, 0.25) is 12.1 Å². The minimum absolute atomic E-state index is 0.642. The van der Waals surface area contributed by atoms with Gasteiger partial charge >= 0.3 is 17.6 Å². The highest BCUT2D eigenvalue weighted by molar-refractivity contribution is 6.61. The van der Waals surface area contributed by atoms with Gasteiger partial charge in [-0.15, -0.1) is 0 Å². The summed E-state index contributed by atoms with van der Waals surface area (Å²) in [5.41, 5.74) is 1.20. The number of hydrogen-bond acceptors (Lipinski definition) is 9. The summed E-state index contributed by atoms with van der Waals surface area (Å²) in [6.45, 7) is 15.9. The van der Waals surface area contributed by atoms with E-state index in [1.807, 2.05) is 27.1 Å². The van der Waals surface area contributed by atoms with Crippen molar-refractivity contribution in [2.24, 2.45) is 9.98 Å². The Kier molecular flexibility index (Phi) is 19.2. The van der Waals surface area contributed by atoms with Crippen LogP contribution in [0.5, 0.6) is 0 Å². The van der Waals surface area contributed by atoms with E-state index in [2.05, 4.69) is 28.7 Å². The zero-order valence-corrected chi connectivity index (χ0v) is 24.4.